The Morgan fingerprint density at radius 3 is 2.88 bits per heavy atom. The van der Waals surface area contributed by atoms with Gasteiger partial charge >= 0.3 is 0 Å². The Balaban J connectivity index is 0.00000312. The fraction of sp³-hybridized carbons (Fsp3) is 0.556. The molecule has 0 radical (unpaired) electrons. The first kappa shape index (κ1) is 21.7. The van der Waals surface area contributed by atoms with Crippen molar-refractivity contribution in [3.05, 3.63) is 34.9 Å². The van der Waals surface area contributed by atoms with E-state index in [1.807, 2.05) is 36.1 Å². The van der Waals surface area contributed by atoms with Crippen LogP contribution in [0.4, 0.5) is 0 Å². The van der Waals surface area contributed by atoms with Crippen LogP contribution >= 0.6 is 24.0 Å². The Morgan fingerprint density at radius 2 is 2.16 bits per heavy atom. The number of benzene rings is 1. The first-order valence-corrected chi connectivity index (χ1v) is 9.02. The zero-order valence-electron chi connectivity index (χ0n) is 14.6. The Labute approximate surface area is 160 Å². The van der Waals surface area contributed by atoms with Gasteiger partial charge in [-0.15, -0.1) is 12.4 Å². The van der Waals surface area contributed by atoms with E-state index in [9.17, 15) is 9.59 Å². The molecule has 0 spiro atoms. The predicted octanol–water partition coefficient (Wildman–Crippen LogP) is 2.93. The van der Waals surface area contributed by atoms with Crippen LogP contribution in [0.25, 0.3) is 0 Å². The minimum atomic E-state index is -0.00105. The second kappa shape index (κ2) is 11.3. The summed E-state index contributed by atoms with van der Waals surface area (Å²) in [5, 5.41) is 6.85. The molecule has 1 heterocycles. The number of hydrogen-bond acceptors (Lipinski definition) is 3. The number of piperazine rings is 1. The van der Waals surface area contributed by atoms with Gasteiger partial charge < -0.3 is 15.5 Å². The molecular formula is C18H27Cl2N3O2. The summed E-state index contributed by atoms with van der Waals surface area (Å²) in [7, 11) is 0. The Morgan fingerprint density at radius 1 is 1.36 bits per heavy atom. The Bertz CT molecular complexity index is 569. The lowest BCUT2D eigenvalue weighted by atomic mass is 10.0. The van der Waals surface area contributed by atoms with Gasteiger partial charge in [-0.3, -0.25) is 9.59 Å². The fourth-order valence-corrected chi connectivity index (χ4v) is 3.11. The number of carbonyl (C=O) groups is 2. The van der Waals surface area contributed by atoms with Crippen molar-refractivity contribution in [1.82, 2.24) is 15.5 Å². The molecule has 25 heavy (non-hydrogen) atoms. The van der Waals surface area contributed by atoms with Crippen LogP contribution in [0.2, 0.25) is 5.02 Å². The van der Waals surface area contributed by atoms with Gasteiger partial charge in [0.2, 0.25) is 11.8 Å². The molecule has 1 aliphatic rings. The maximum absolute atomic E-state index is 12.6. The van der Waals surface area contributed by atoms with E-state index in [0.29, 0.717) is 37.4 Å². The molecule has 5 nitrogen and oxygen atoms in total. The lowest BCUT2D eigenvalue weighted by molar-refractivity contribution is -0.134. The van der Waals surface area contributed by atoms with Crippen molar-refractivity contribution in [3.8, 4) is 0 Å². The third kappa shape index (κ3) is 6.84. The molecule has 0 bridgehead atoms. The van der Waals surface area contributed by atoms with Crippen LogP contribution in [0.3, 0.4) is 0 Å². The van der Waals surface area contributed by atoms with E-state index in [2.05, 4.69) is 10.6 Å². The smallest absolute Gasteiger partial charge is 0.223 e. The van der Waals surface area contributed by atoms with Gasteiger partial charge in [-0.1, -0.05) is 30.7 Å². The molecule has 1 atom stereocenters. The molecule has 1 aromatic carbocycles. The SMILES string of the molecule is CCCNC(=O)CCCC(=O)N1CCNCC1c1cccc(Cl)c1.Cl. The highest BCUT2D eigenvalue weighted by Gasteiger charge is 2.27. The summed E-state index contributed by atoms with van der Waals surface area (Å²) in [4.78, 5) is 26.1. The number of halogens is 2. The molecule has 1 unspecified atom stereocenters. The molecule has 1 saturated heterocycles. The zero-order valence-corrected chi connectivity index (χ0v) is 16.2. The number of nitrogens with one attached hydrogen (secondary N) is 2. The average Bonchev–Trinajstić information content (AvgIpc) is 2.60. The van der Waals surface area contributed by atoms with Crippen LogP contribution in [0.5, 0.6) is 0 Å². The van der Waals surface area contributed by atoms with E-state index in [-0.39, 0.29) is 30.3 Å². The molecule has 2 amide bonds. The van der Waals surface area contributed by atoms with Gasteiger partial charge in [0.15, 0.2) is 0 Å². The van der Waals surface area contributed by atoms with Gasteiger partial charge in [-0.2, -0.15) is 0 Å². The van der Waals surface area contributed by atoms with Crippen molar-refractivity contribution in [2.45, 2.75) is 38.6 Å². The molecule has 1 fully saturated rings. The van der Waals surface area contributed by atoms with Crippen LogP contribution in [0.15, 0.2) is 24.3 Å². The maximum atomic E-state index is 12.6. The zero-order chi connectivity index (χ0) is 17.4. The average molecular weight is 388 g/mol. The minimum Gasteiger partial charge on any atom is -0.356 e. The number of rotatable bonds is 7. The molecular weight excluding hydrogens is 361 g/mol. The summed E-state index contributed by atoms with van der Waals surface area (Å²) >= 11 is 6.08. The van der Waals surface area contributed by atoms with Gasteiger partial charge in [0.05, 0.1) is 6.04 Å². The first-order chi connectivity index (χ1) is 11.6. The van der Waals surface area contributed by atoms with Crippen LogP contribution in [0.1, 0.15) is 44.2 Å². The second-order valence-electron chi connectivity index (χ2n) is 6.07. The van der Waals surface area contributed by atoms with Crippen molar-refractivity contribution < 1.29 is 9.59 Å². The van der Waals surface area contributed by atoms with Gasteiger partial charge in [-0.05, 0) is 30.5 Å². The second-order valence-corrected chi connectivity index (χ2v) is 6.50. The van der Waals surface area contributed by atoms with Gasteiger partial charge in [0.1, 0.15) is 0 Å². The van der Waals surface area contributed by atoms with Crippen LogP contribution in [0, 0.1) is 0 Å². The van der Waals surface area contributed by atoms with Crippen molar-refractivity contribution in [2.75, 3.05) is 26.2 Å². The van der Waals surface area contributed by atoms with Crippen molar-refractivity contribution >= 4 is 35.8 Å². The molecule has 0 aromatic heterocycles. The van der Waals surface area contributed by atoms with E-state index in [4.69, 9.17) is 11.6 Å². The summed E-state index contributed by atoms with van der Waals surface area (Å²) < 4.78 is 0. The topological polar surface area (TPSA) is 61.4 Å². The van der Waals surface area contributed by atoms with E-state index in [0.717, 1.165) is 25.1 Å². The van der Waals surface area contributed by atoms with Crippen molar-refractivity contribution in [2.24, 2.45) is 0 Å². The predicted molar refractivity (Wildman–Crippen MR) is 103 cm³/mol. The van der Waals surface area contributed by atoms with E-state index >= 15 is 0 Å². The van der Waals surface area contributed by atoms with Crippen molar-refractivity contribution in [1.29, 1.82) is 0 Å². The highest BCUT2D eigenvalue weighted by Crippen LogP contribution is 2.25. The molecule has 0 aliphatic carbocycles. The first-order valence-electron chi connectivity index (χ1n) is 8.64. The molecule has 7 heteroatoms. The molecule has 1 aliphatic heterocycles. The molecule has 0 saturated carbocycles. The Hall–Kier alpha value is -1.30. The van der Waals surface area contributed by atoms with Crippen LogP contribution in [-0.4, -0.2) is 42.9 Å². The molecule has 2 N–H and O–H groups in total. The van der Waals surface area contributed by atoms with Crippen molar-refractivity contribution in [3.63, 3.8) is 0 Å². The summed E-state index contributed by atoms with van der Waals surface area (Å²) in [6.45, 7) is 4.91. The van der Waals surface area contributed by atoms with Gasteiger partial charge in [0.25, 0.3) is 0 Å². The number of amides is 2. The lowest BCUT2D eigenvalue weighted by Crippen LogP contribution is -2.48. The van der Waals surface area contributed by atoms with E-state index in [1.54, 1.807) is 0 Å². The largest absolute Gasteiger partial charge is 0.356 e. The van der Waals surface area contributed by atoms with E-state index < -0.39 is 0 Å². The van der Waals surface area contributed by atoms with Gasteiger partial charge in [-0.25, -0.2) is 0 Å². The lowest BCUT2D eigenvalue weighted by Gasteiger charge is -2.36. The quantitative estimate of drug-likeness (QED) is 0.755. The monoisotopic (exact) mass is 387 g/mol. The summed E-state index contributed by atoms with van der Waals surface area (Å²) in [6.07, 6.45) is 2.31. The molecule has 1 aromatic rings. The summed E-state index contributed by atoms with van der Waals surface area (Å²) in [6, 6.07) is 7.66. The fourth-order valence-electron chi connectivity index (χ4n) is 2.91. The minimum absolute atomic E-state index is 0. The maximum Gasteiger partial charge on any atom is 0.223 e. The van der Waals surface area contributed by atoms with Gasteiger partial charge in [0, 0.05) is 44.0 Å². The standard InChI is InChI=1S/C18H26ClN3O2.ClH/c1-2-9-21-17(23)7-4-8-18(24)22-11-10-20-13-16(22)14-5-3-6-15(19)12-14;/h3,5-6,12,16,20H,2,4,7-11,13H2,1H3,(H,21,23);1H. The van der Waals surface area contributed by atoms with E-state index in [1.165, 1.54) is 0 Å². The molecule has 140 valence electrons. The third-order valence-electron chi connectivity index (χ3n) is 4.16. The summed E-state index contributed by atoms with van der Waals surface area (Å²) in [5.41, 5.74) is 1.05. The highest BCUT2D eigenvalue weighted by molar-refractivity contribution is 6.30. The normalized spacial score (nSPS) is 16.9. The Kier molecular flexibility index (Phi) is 9.86. The third-order valence-corrected chi connectivity index (χ3v) is 4.40. The van der Waals surface area contributed by atoms with Crippen LogP contribution in [-0.2, 0) is 9.59 Å². The number of hydrogen-bond donors (Lipinski definition) is 2. The van der Waals surface area contributed by atoms with Crippen LogP contribution < -0.4 is 10.6 Å². The summed E-state index contributed by atoms with van der Waals surface area (Å²) in [5.74, 6) is 0.126. The number of carbonyl (C=O) groups excluding carboxylic acids is 2. The molecule has 2 rings (SSSR count). The number of nitrogens with zero attached hydrogens (tertiary/aromatic N) is 1. The highest BCUT2D eigenvalue weighted by atomic mass is 35.5.